The number of nitrogens with one attached hydrogen (secondary N) is 1. The zero-order valence-corrected chi connectivity index (χ0v) is 10.1. The first-order chi connectivity index (χ1) is 6.86. The maximum atomic E-state index is 12.2. The number of ketones is 1. The highest BCUT2D eigenvalue weighted by atomic mass is 16.1. The summed E-state index contributed by atoms with van der Waals surface area (Å²) >= 11 is 0. The van der Waals surface area contributed by atoms with Gasteiger partial charge in [-0.2, -0.15) is 0 Å². The van der Waals surface area contributed by atoms with Gasteiger partial charge in [0, 0.05) is 23.7 Å². The summed E-state index contributed by atoms with van der Waals surface area (Å²) in [5.74, 6) is 0.176. The molecule has 0 fully saturated rings. The molecule has 0 spiro atoms. The van der Waals surface area contributed by atoms with Gasteiger partial charge in [-0.1, -0.05) is 32.4 Å². The molecule has 15 heavy (non-hydrogen) atoms. The molecular weight excluding hydrogens is 186 g/mol. The van der Waals surface area contributed by atoms with Gasteiger partial charge in [-0.3, -0.25) is 4.79 Å². The second kappa shape index (κ2) is 4.05. The van der Waals surface area contributed by atoms with E-state index in [4.69, 9.17) is 0 Å². The topological polar surface area (TPSA) is 29.1 Å². The fraction of sp³-hybridized carbons (Fsp3) is 0.462. The normalized spacial score (nSPS) is 11.3. The first-order valence-corrected chi connectivity index (χ1v) is 5.19. The van der Waals surface area contributed by atoms with Crippen LogP contribution in [0.3, 0.4) is 0 Å². The van der Waals surface area contributed by atoms with E-state index in [1.165, 1.54) is 0 Å². The Morgan fingerprint density at radius 2 is 1.87 bits per heavy atom. The summed E-state index contributed by atoms with van der Waals surface area (Å²) in [4.78, 5) is 12.2. The molecule has 1 rings (SSSR count). The van der Waals surface area contributed by atoms with Gasteiger partial charge in [0.2, 0.25) is 0 Å². The zero-order valence-electron chi connectivity index (χ0n) is 10.1. The van der Waals surface area contributed by atoms with Crippen molar-refractivity contribution in [1.82, 2.24) is 0 Å². The lowest BCUT2D eigenvalue weighted by Crippen LogP contribution is -2.21. The van der Waals surface area contributed by atoms with E-state index in [1.807, 2.05) is 52.9 Å². The van der Waals surface area contributed by atoms with Gasteiger partial charge in [-0.15, -0.1) is 0 Å². The number of Topliss-reactive ketones (excluding diaryl/α,β-unsaturated/α-hetero) is 1. The lowest BCUT2D eigenvalue weighted by atomic mass is 9.85. The number of rotatable bonds is 2. The van der Waals surface area contributed by atoms with Crippen molar-refractivity contribution in [3.63, 3.8) is 0 Å². The van der Waals surface area contributed by atoms with E-state index in [2.05, 4.69) is 5.32 Å². The van der Waals surface area contributed by atoms with Crippen LogP contribution in [-0.2, 0) is 0 Å². The molecule has 0 unspecified atom stereocenters. The van der Waals surface area contributed by atoms with E-state index in [0.29, 0.717) is 0 Å². The Morgan fingerprint density at radius 3 is 2.33 bits per heavy atom. The average molecular weight is 205 g/mol. The fourth-order valence-electron chi connectivity index (χ4n) is 1.47. The van der Waals surface area contributed by atoms with Crippen LogP contribution in [0.1, 0.15) is 36.7 Å². The number of aryl methyl sites for hydroxylation is 1. The average Bonchev–Trinajstić information content (AvgIpc) is 2.15. The van der Waals surface area contributed by atoms with Crippen LogP contribution in [0.2, 0.25) is 0 Å². The standard InChI is InChI=1S/C13H19NO/c1-9-6-7-11(14-5)10(8-9)12(15)13(2,3)4/h6-8,14H,1-5H3. The van der Waals surface area contributed by atoms with Crippen LogP contribution >= 0.6 is 0 Å². The van der Waals surface area contributed by atoms with Gasteiger partial charge >= 0.3 is 0 Å². The van der Waals surface area contributed by atoms with Crippen LogP contribution in [-0.4, -0.2) is 12.8 Å². The second-order valence-electron chi connectivity index (χ2n) is 4.88. The minimum atomic E-state index is -0.334. The lowest BCUT2D eigenvalue weighted by Gasteiger charge is -2.19. The van der Waals surface area contributed by atoms with Crippen LogP contribution in [0.15, 0.2) is 18.2 Å². The molecule has 0 atom stereocenters. The van der Waals surface area contributed by atoms with E-state index in [1.54, 1.807) is 0 Å². The van der Waals surface area contributed by atoms with Crippen molar-refractivity contribution in [2.24, 2.45) is 5.41 Å². The van der Waals surface area contributed by atoms with Gasteiger partial charge < -0.3 is 5.32 Å². The number of carbonyl (C=O) groups is 1. The lowest BCUT2D eigenvalue weighted by molar-refractivity contribution is 0.0859. The van der Waals surface area contributed by atoms with Gasteiger partial charge in [0.15, 0.2) is 5.78 Å². The fourth-order valence-corrected chi connectivity index (χ4v) is 1.47. The molecule has 0 amide bonds. The van der Waals surface area contributed by atoms with Crippen molar-refractivity contribution in [2.45, 2.75) is 27.7 Å². The van der Waals surface area contributed by atoms with E-state index >= 15 is 0 Å². The first kappa shape index (κ1) is 11.8. The van der Waals surface area contributed by atoms with Crippen molar-refractivity contribution >= 4 is 11.5 Å². The predicted octanol–water partition coefficient (Wildman–Crippen LogP) is 3.27. The summed E-state index contributed by atoms with van der Waals surface area (Å²) in [5.41, 5.74) is 2.46. The van der Waals surface area contributed by atoms with Crippen LogP contribution in [0, 0.1) is 12.3 Å². The number of hydrogen-bond donors (Lipinski definition) is 1. The molecule has 0 aliphatic rings. The highest BCUT2D eigenvalue weighted by Crippen LogP contribution is 2.26. The van der Waals surface area contributed by atoms with Gasteiger partial charge in [0.1, 0.15) is 0 Å². The maximum absolute atomic E-state index is 12.2. The highest BCUT2D eigenvalue weighted by Gasteiger charge is 2.24. The van der Waals surface area contributed by atoms with Crippen LogP contribution in [0.25, 0.3) is 0 Å². The summed E-state index contributed by atoms with van der Waals surface area (Å²) in [7, 11) is 1.84. The Kier molecular flexibility index (Phi) is 3.18. The molecule has 0 heterocycles. The summed E-state index contributed by atoms with van der Waals surface area (Å²) < 4.78 is 0. The number of benzene rings is 1. The Balaban J connectivity index is 3.23. The van der Waals surface area contributed by atoms with E-state index in [-0.39, 0.29) is 11.2 Å². The molecule has 0 aliphatic heterocycles. The van der Waals surface area contributed by atoms with E-state index < -0.39 is 0 Å². The highest BCUT2D eigenvalue weighted by molar-refractivity contribution is 6.04. The molecule has 2 nitrogen and oxygen atoms in total. The smallest absolute Gasteiger partial charge is 0.170 e. The molecule has 1 aromatic carbocycles. The van der Waals surface area contributed by atoms with Crippen molar-refractivity contribution in [2.75, 3.05) is 12.4 Å². The monoisotopic (exact) mass is 205 g/mol. The van der Waals surface area contributed by atoms with E-state index in [0.717, 1.165) is 16.8 Å². The van der Waals surface area contributed by atoms with Gasteiger partial charge in [0.25, 0.3) is 0 Å². The molecule has 0 aliphatic carbocycles. The van der Waals surface area contributed by atoms with Crippen molar-refractivity contribution in [3.05, 3.63) is 29.3 Å². The minimum absolute atomic E-state index is 0.176. The molecule has 1 aromatic rings. The zero-order chi connectivity index (χ0) is 11.6. The maximum Gasteiger partial charge on any atom is 0.170 e. The molecule has 0 saturated heterocycles. The first-order valence-electron chi connectivity index (χ1n) is 5.19. The molecule has 0 aromatic heterocycles. The van der Waals surface area contributed by atoms with Crippen LogP contribution < -0.4 is 5.32 Å². The van der Waals surface area contributed by atoms with Crippen LogP contribution in [0.4, 0.5) is 5.69 Å². The Morgan fingerprint density at radius 1 is 1.27 bits per heavy atom. The van der Waals surface area contributed by atoms with Gasteiger partial charge in [0.05, 0.1) is 0 Å². The Labute approximate surface area is 91.7 Å². The Hall–Kier alpha value is -1.31. The molecule has 1 N–H and O–H groups in total. The van der Waals surface area contributed by atoms with Crippen molar-refractivity contribution in [1.29, 1.82) is 0 Å². The molecule has 0 bridgehead atoms. The number of carbonyl (C=O) groups excluding carboxylic acids is 1. The summed E-state index contributed by atoms with van der Waals surface area (Å²) in [6, 6.07) is 5.90. The second-order valence-corrected chi connectivity index (χ2v) is 4.88. The third kappa shape index (κ3) is 2.58. The summed E-state index contributed by atoms with van der Waals surface area (Å²) in [5, 5.41) is 3.05. The Bertz CT molecular complexity index is 375. The predicted molar refractivity (Wildman–Crippen MR) is 64.5 cm³/mol. The van der Waals surface area contributed by atoms with Gasteiger partial charge in [-0.05, 0) is 19.1 Å². The molecule has 0 saturated carbocycles. The number of anilines is 1. The number of hydrogen-bond acceptors (Lipinski definition) is 2. The molecule has 0 radical (unpaired) electrons. The SMILES string of the molecule is CNc1ccc(C)cc1C(=O)C(C)(C)C. The minimum Gasteiger partial charge on any atom is -0.388 e. The summed E-state index contributed by atoms with van der Waals surface area (Å²) in [6.45, 7) is 7.82. The van der Waals surface area contributed by atoms with Crippen LogP contribution in [0.5, 0.6) is 0 Å². The third-order valence-corrected chi connectivity index (χ3v) is 2.37. The summed E-state index contributed by atoms with van der Waals surface area (Å²) in [6.07, 6.45) is 0. The van der Waals surface area contributed by atoms with Crippen molar-refractivity contribution < 1.29 is 4.79 Å². The van der Waals surface area contributed by atoms with E-state index in [9.17, 15) is 4.79 Å². The quantitative estimate of drug-likeness (QED) is 0.751. The molecule has 82 valence electrons. The van der Waals surface area contributed by atoms with Crippen molar-refractivity contribution in [3.8, 4) is 0 Å². The van der Waals surface area contributed by atoms with Gasteiger partial charge in [-0.25, -0.2) is 0 Å². The largest absolute Gasteiger partial charge is 0.388 e. The molecule has 2 heteroatoms. The third-order valence-electron chi connectivity index (χ3n) is 2.37. The molecular formula is C13H19NO.